The number of aliphatic carboxylic acids is 1. The predicted molar refractivity (Wildman–Crippen MR) is 92.7 cm³/mol. The zero-order chi connectivity index (χ0) is 18.4. The maximum absolute atomic E-state index is 12.3. The molecule has 1 aliphatic rings. The van der Waals surface area contributed by atoms with Gasteiger partial charge in [0.05, 0.1) is 12.5 Å². The Kier molecular flexibility index (Phi) is 6.56. The Hall–Kier alpha value is -2.37. The van der Waals surface area contributed by atoms with Crippen molar-refractivity contribution >= 4 is 17.7 Å². The van der Waals surface area contributed by atoms with Crippen molar-refractivity contribution in [1.82, 2.24) is 4.90 Å². The number of carbonyl (C=O) groups is 3. The van der Waals surface area contributed by atoms with Crippen LogP contribution < -0.4 is 4.74 Å². The minimum absolute atomic E-state index is 0.00691. The van der Waals surface area contributed by atoms with Crippen LogP contribution in [-0.4, -0.2) is 46.9 Å². The van der Waals surface area contributed by atoms with Crippen molar-refractivity contribution in [3.63, 3.8) is 0 Å². The van der Waals surface area contributed by atoms with Gasteiger partial charge in [-0.15, -0.1) is 0 Å². The average Bonchev–Trinajstić information content (AvgIpc) is 2.58. The van der Waals surface area contributed by atoms with Crippen LogP contribution >= 0.6 is 0 Å². The molecule has 25 heavy (non-hydrogen) atoms. The molecular formula is C19H25NO5. The van der Waals surface area contributed by atoms with E-state index >= 15 is 0 Å². The van der Waals surface area contributed by atoms with Crippen molar-refractivity contribution in [3.05, 3.63) is 29.8 Å². The number of hydrogen-bond donors (Lipinski definition) is 1. The Labute approximate surface area is 147 Å². The van der Waals surface area contributed by atoms with E-state index in [1.54, 1.807) is 29.2 Å². The SMILES string of the molecule is CC(=O)c1ccc(OCCCC(=O)N2CCC[C@@H](C(=O)O)[C@H]2C)cc1. The van der Waals surface area contributed by atoms with Crippen molar-refractivity contribution in [3.8, 4) is 5.75 Å². The number of nitrogens with zero attached hydrogens (tertiary/aromatic N) is 1. The number of carboxylic acid groups (broad SMARTS) is 1. The van der Waals surface area contributed by atoms with Crippen LogP contribution in [0.15, 0.2) is 24.3 Å². The Bertz CT molecular complexity index is 625. The van der Waals surface area contributed by atoms with E-state index in [1.807, 2.05) is 6.92 Å². The lowest BCUT2D eigenvalue weighted by molar-refractivity contribution is -0.149. The van der Waals surface area contributed by atoms with E-state index in [0.29, 0.717) is 43.7 Å². The van der Waals surface area contributed by atoms with Gasteiger partial charge in [-0.25, -0.2) is 0 Å². The molecule has 1 aliphatic heterocycles. The molecule has 0 aliphatic carbocycles. The van der Waals surface area contributed by atoms with Crippen LogP contribution in [0.1, 0.15) is 49.9 Å². The van der Waals surface area contributed by atoms with Gasteiger partial charge >= 0.3 is 5.97 Å². The first kappa shape index (κ1) is 19.0. The maximum Gasteiger partial charge on any atom is 0.308 e. The summed E-state index contributed by atoms with van der Waals surface area (Å²) >= 11 is 0. The van der Waals surface area contributed by atoms with Crippen LogP contribution in [0.4, 0.5) is 0 Å². The molecule has 0 aromatic heterocycles. The number of benzene rings is 1. The minimum Gasteiger partial charge on any atom is -0.494 e. The molecule has 1 N–H and O–H groups in total. The lowest BCUT2D eigenvalue weighted by Gasteiger charge is -2.37. The van der Waals surface area contributed by atoms with E-state index in [2.05, 4.69) is 0 Å². The van der Waals surface area contributed by atoms with E-state index in [4.69, 9.17) is 4.74 Å². The predicted octanol–water partition coefficient (Wildman–Crippen LogP) is 2.76. The number of Topliss-reactive ketones (excluding diaryl/α,β-unsaturated/α-hetero) is 1. The van der Waals surface area contributed by atoms with E-state index in [1.165, 1.54) is 6.92 Å². The third-order valence-electron chi connectivity index (χ3n) is 4.69. The molecular weight excluding hydrogens is 322 g/mol. The highest BCUT2D eigenvalue weighted by Gasteiger charge is 2.34. The van der Waals surface area contributed by atoms with Crippen molar-refractivity contribution in [2.24, 2.45) is 5.92 Å². The molecule has 6 nitrogen and oxygen atoms in total. The number of ketones is 1. The first-order valence-electron chi connectivity index (χ1n) is 8.66. The van der Waals surface area contributed by atoms with Gasteiger partial charge in [0.25, 0.3) is 0 Å². The molecule has 2 atom stereocenters. The topological polar surface area (TPSA) is 83.9 Å². The molecule has 0 radical (unpaired) electrons. The molecule has 1 aromatic rings. The van der Waals surface area contributed by atoms with Crippen molar-refractivity contribution in [1.29, 1.82) is 0 Å². The third-order valence-corrected chi connectivity index (χ3v) is 4.69. The normalized spacial score (nSPS) is 20.2. The fourth-order valence-corrected chi connectivity index (χ4v) is 3.17. The second kappa shape index (κ2) is 8.65. The summed E-state index contributed by atoms with van der Waals surface area (Å²) in [5, 5.41) is 9.22. The molecule has 2 rings (SSSR count). The van der Waals surface area contributed by atoms with Crippen LogP contribution in [0.5, 0.6) is 5.75 Å². The summed E-state index contributed by atoms with van der Waals surface area (Å²) in [6.45, 7) is 4.34. The van der Waals surface area contributed by atoms with Crippen LogP contribution in [0.3, 0.4) is 0 Å². The van der Waals surface area contributed by atoms with Crippen LogP contribution in [0.25, 0.3) is 0 Å². The molecule has 6 heteroatoms. The van der Waals surface area contributed by atoms with Crippen LogP contribution in [0.2, 0.25) is 0 Å². The number of amides is 1. The van der Waals surface area contributed by atoms with Gasteiger partial charge in [-0.05, 0) is 57.4 Å². The largest absolute Gasteiger partial charge is 0.494 e. The van der Waals surface area contributed by atoms with Gasteiger partial charge in [-0.3, -0.25) is 14.4 Å². The van der Waals surface area contributed by atoms with Crippen molar-refractivity contribution in [2.75, 3.05) is 13.2 Å². The smallest absolute Gasteiger partial charge is 0.308 e. The third kappa shape index (κ3) is 5.05. The summed E-state index contributed by atoms with van der Waals surface area (Å²) < 4.78 is 5.59. The average molecular weight is 347 g/mol. The molecule has 0 saturated carbocycles. The molecule has 1 aromatic carbocycles. The second-order valence-corrected chi connectivity index (χ2v) is 6.45. The van der Waals surface area contributed by atoms with Crippen LogP contribution in [-0.2, 0) is 9.59 Å². The lowest BCUT2D eigenvalue weighted by Crippen LogP contribution is -2.49. The van der Waals surface area contributed by atoms with E-state index < -0.39 is 11.9 Å². The Morgan fingerprint density at radius 3 is 2.52 bits per heavy atom. The Balaban J connectivity index is 1.76. The maximum atomic E-state index is 12.3. The zero-order valence-corrected chi connectivity index (χ0v) is 14.7. The molecule has 1 amide bonds. The van der Waals surface area contributed by atoms with Gasteiger partial charge < -0.3 is 14.7 Å². The molecule has 1 saturated heterocycles. The number of hydrogen-bond acceptors (Lipinski definition) is 4. The second-order valence-electron chi connectivity index (χ2n) is 6.45. The summed E-state index contributed by atoms with van der Waals surface area (Å²) in [7, 11) is 0. The fraction of sp³-hybridized carbons (Fsp3) is 0.526. The Morgan fingerprint density at radius 1 is 1.24 bits per heavy atom. The standard InChI is InChI=1S/C19H25NO5/c1-13-17(19(23)24)5-3-11-20(13)18(22)6-4-12-25-16-9-7-15(8-10-16)14(2)21/h7-10,13,17H,3-6,11-12H2,1-2H3,(H,23,24)/t13-,17-/m1/s1. The Morgan fingerprint density at radius 2 is 1.92 bits per heavy atom. The molecule has 1 fully saturated rings. The quantitative estimate of drug-likeness (QED) is 0.606. The highest BCUT2D eigenvalue weighted by molar-refractivity contribution is 5.94. The number of carboxylic acids is 1. The van der Waals surface area contributed by atoms with Crippen molar-refractivity contribution < 1.29 is 24.2 Å². The van der Waals surface area contributed by atoms with Gasteiger partial charge in [0.2, 0.25) is 5.91 Å². The minimum atomic E-state index is -0.831. The molecule has 0 spiro atoms. The molecule has 0 unspecified atom stereocenters. The molecule has 0 bridgehead atoms. The van der Waals surface area contributed by atoms with Crippen LogP contribution in [0, 0.1) is 5.92 Å². The number of rotatable bonds is 7. The number of likely N-dealkylation sites (tertiary alicyclic amines) is 1. The number of piperidine rings is 1. The van der Waals surface area contributed by atoms with Crippen molar-refractivity contribution in [2.45, 2.75) is 45.6 Å². The van der Waals surface area contributed by atoms with Gasteiger partial charge in [0.1, 0.15) is 5.75 Å². The zero-order valence-electron chi connectivity index (χ0n) is 14.7. The molecule has 136 valence electrons. The van der Waals surface area contributed by atoms with Gasteiger partial charge in [0, 0.05) is 24.6 Å². The highest BCUT2D eigenvalue weighted by Crippen LogP contribution is 2.24. The highest BCUT2D eigenvalue weighted by atomic mass is 16.5. The lowest BCUT2D eigenvalue weighted by atomic mass is 9.90. The first-order chi connectivity index (χ1) is 11.9. The van der Waals surface area contributed by atoms with Gasteiger partial charge in [-0.2, -0.15) is 0 Å². The van der Waals surface area contributed by atoms with E-state index in [-0.39, 0.29) is 17.7 Å². The van der Waals surface area contributed by atoms with E-state index in [0.717, 1.165) is 6.42 Å². The summed E-state index contributed by atoms with van der Waals surface area (Å²) in [5.41, 5.74) is 0.634. The first-order valence-corrected chi connectivity index (χ1v) is 8.66. The summed E-state index contributed by atoms with van der Waals surface area (Å²) in [6, 6.07) is 6.64. The fourth-order valence-electron chi connectivity index (χ4n) is 3.17. The monoisotopic (exact) mass is 347 g/mol. The van der Waals surface area contributed by atoms with Gasteiger partial charge in [-0.1, -0.05) is 0 Å². The van der Waals surface area contributed by atoms with E-state index in [9.17, 15) is 19.5 Å². The summed E-state index contributed by atoms with van der Waals surface area (Å²) in [6.07, 6.45) is 2.25. The number of carbonyl (C=O) groups excluding carboxylic acids is 2. The summed E-state index contributed by atoms with van der Waals surface area (Å²) in [4.78, 5) is 36.5. The van der Waals surface area contributed by atoms with Gasteiger partial charge in [0.15, 0.2) is 5.78 Å². The summed E-state index contributed by atoms with van der Waals surface area (Å²) in [5.74, 6) is -0.660. The number of ether oxygens (including phenoxy) is 1. The molecule has 1 heterocycles.